The van der Waals surface area contributed by atoms with Crippen molar-refractivity contribution in [1.29, 1.82) is 0 Å². The van der Waals surface area contributed by atoms with Gasteiger partial charge in [-0.25, -0.2) is 0 Å². The van der Waals surface area contributed by atoms with E-state index in [1.165, 1.54) is 0 Å². The van der Waals surface area contributed by atoms with Gasteiger partial charge in [-0.3, -0.25) is 9.48 Å². The molecule has 5 nitrogen and oxygen atoms in total. The van der Waals surface area contributed by atoms with Gasteiger partial charge in [-0.1, -0.05) is 0 Å². The monoisotopic (exact) mass is 222 g/mol. The van der Waals surface area contributed by atoms with Crippen LogP contribution in [0.1, 0.15) is 17.3 Å². The Bertz CT molecular complexity index is 366. The third-order valence-corrected chi connectivity index (χ3v) is 2.99. The highest BCUT2D eigenvalue weighted by atomic mass is 16.2. The van der Waals surface area contributed by atoms with Crippen molar-refractivity contribution in [3.05, 3.63) is 18.0 Å². The number of carbonyl (C=O) groups excluding carboxylic acids is 1. The fraction of sp³-hybridized carbons (Fsp3) is 0.636. The standard InChI is InChI=1S/C11H18N4O/c1-3-15-9-10(8-12-15)11(16)14-6-4-13(2)5-7-14/h8-9H,3-7H2,1-2H3. The number of aryl methyl sites for hydroxylation is 1. The van der Waals surface area contributed by atoms with Gasteiger partial charge < -0.3 is 9.80 Å². The van der Waals surface area contributed by atoms with E-state index in [4.69, 9.17) is 0 Å². The molecule has 16 heavy (non-hydrogen) atoms. The number of carbonyl (C=O) groups is 1. The summed E-state index contributed by atoms with van der Waals surface area (Å²) in [5.74, 6) is 0.104. The van der Waals surface area contributed by atoms with Crippen LogP contribution in [0.3, 0.4) is 0 Å². The van der Waals surface area contributed by atoms with E-state index >= 15 is 0 Å². The SMILES string of the molecule is CCn1cc(C(=O)N2CCN(C)CC2)cn1. The van der Waals surface area contributed by atoms with Crippen LogP contribution >= 0.6 is 0 Å². The van der Waals surface area contributed by atoms with E-state index in [0.717, 1.165) is 32.7 Å². The van der Waals surface area contributed by atoms with Crippen LogP contribution in [0.25, 0.3) is 0 Å². The van der Waals surface area contributed by atoms with Crippen LogP contribution < -0.4 is 0 Å². The first-order valence-electron chi connectivity index (χ1n) is 5.71. The minimum atomic E-state index is 0.104. The van der Waals surface area contributed by atoms with Gasteiger partial charge in [0.2, 0.25) is 0 Å². The van der Waals surface area contributed by atoms with Crippen molar-refractivity contribution in [3.8, 4) is 0 Å². The molecular weight excluding hydrogens is 204 g/mol. The molecule has 1 aromatic rings. The van der Waals surface area contributed by atoms with Crippen molar-refractivity contribution >= 4 is 5.91 Å². The predicted molar refractivity (Wildman–Crippen MR) is 61.3 cm³/mol. The maximum atomic E-state index is 12.1. The minimum absolute atomic E-state index is 0.104. The molecule has 0 aromatic carbocycles. The molecule has 1 aromatic heterocycles. The molecule has 0 unspecified atom stereocenters. The summed E-state index contributed by atoms with van der Waals surface area (Å²) in [6.07, 6.45) is 3.48. The summed E-state index contributed by atoms with van der Waals surface area (Å²) < 4.78 is 1.78. The minimum Gasteiger partial charge on any atom is -0.336 e. The van der Waals surface area contributed by atoms with E-state index in [-0.39, 0.29) is 5.91 Å². The summed E-state index contributed by atoms with van der Waals surface area (Å²) in [5, 5.41) is 4.12. The van der Waals surface area contributed by atoms with Crippen LogP contribution in [0.15, 0.2) is 12.4 Å². The molecule has 5 heteroatoms. The van der Waals surface area contributed by atoms with E-state index < -0.39 is 0 Å². The van der Waals surface area contributed by atoms with Gasteiger partial charge in [-0.2, -0.15) is 5.10 Å². The van der Waals surface area contributed by atoms with Crippen LogP contribution in [0.5, 0.6) is 0 Å². The molecule has 0 aliphatic carbocycles. The highest BCUT2D eigenvalue weighted by Crippen LogP contribution is 2.07. The second-order valence-corrected chi connectivity index (χ2v) is 4.18. The Kier molecular flexibility index (Phi) is 3.24. The molecule has 1 fully saturated rings. The van der Waals surface area contributed by atoms with E-state index in [2.05, 4.69) is 17.0 Å². The first-order chi connectivity index (χ1) is 7.70. The zero-order valence-corrected chi connectivity index (χ0v) is 9.89. The number of nitrogens with zero attached hydrogens (tertiary/aromatic N) is 4. The zero-order valence-electron chi connectivity index (χ0n) is 9.89. The maximum absolute atomic E-state index is 12.1. The van der Waals surface area contributed by atoms with Crippen molar-refractivity contribution in [3.63, 3.8) is 0 Å². The van der Waals surface area contributed by atoms with Crippen LogP contribution in [-0.2, 0) is 6.54 Å². The molecule has 88 valence electrons. The lowest BCUT2D eigenvalue weighted by Gasteiger charge is -2.32. The first kappa shape index (κ1) is 11.1. The summed E-state index contributed by atoms with van der Waals surface area (Å²) in [6, 6.07) is 0. The van der Waals surface area contributed by atoms with Crippen LogP contribution in [0.4, 0.5) is 0 Å². The molecule has 1 aliphatic heterocycles. The number of aromatic nitrogens is 2. The molecule has 2 heterocycles. The Morgan fingerprint density at radius 2 is 2.06 bits per heavy atom. The smallest absolute Gasteiger partial charge is 0.257 e. The summed E-state index contributed by atoms with van der Waals surface area (Å²) in [6.45, 7) is 6.34. The summed E-state index contributed by atoms with van der Waals surface area (Å²) in [7, 11) is 2.08. The molecule has 0 N–H and O–H groups in total. The first-order valence-corrected chi connectivity index (χ1v) is 5.71. The van der Waals surface area contributed by atoms with Gasteiger partial charge in [0.1, 0.15) is 0 Å². The second-order valence-electron chi connectivity index (χ2n) is 4.18. The normalized spacial score (nSPS) is 17.8. The fourth-order valence-corrected chi connectivity index (χ4v) is 1.84. The number of piperazine rings is 1. The van der Waals surface area contributed by atoms with Crippen molar-refractivity contribution < 1.29 is 4.79 Å². The van der Waals surface area contributed by atoms with E-state index in [1.807, 2.05) is 18.0 Å². The Morgan fingerprint density at radius 1 is 1.38 bits per heavy atom. The Hall–Kier alpha value is -1.36. The summed E-state index contributed by atoms with van der Waals surface area (Å²) in [5.41, 5.74) is 0.700. The third kappa shape index (κ3) is 2.24. The molecule has 0 saturated carbocycles. The molecule has 0 radical (unpaired) electrons. The lowest BCUT2D eigenvalue weighted by Crippen LogP contribution is -2.47. The molecule has 1 amide bonds. The number of hydrogen-bond donors (Lipinski definition) is 0. The highest BCUT2D eigenvalue weighted by Gasteiger charge is 2.21. The highest BCUT2D eigenvalue weighted by molar-refractivity contribution is 5.93. The van der Waals surface area contributed by atoms with Crippen LogP contribution in [-0.4, -0.2) is 58.7 Å². The molecule has 0 bridgehead atoms. The molecule has 0 spiro atoms. The van der Waals surface area contributed by atoms with E-state index in [0.29, 0.717) is 5.56 Å². The number of amides is 1. The maximum Gasteiger partial charge on any atom is 0.257 e. The lowest BCUT2D eigenvalue weighted by atomic mass is 10.2. The van der Waals surface area contributed by atoms with Gasteiger partial charge in [0.15, 0.2) is 0 Å². The number of rotatable bonds is 2. The van der Waals surface area contributed by atoms with Crippen molar-refractivity contribution in [2.75, 3.05) is 33.2 Å². The number of hydrogen-bond acceptors (Lipinski definition) is 3. The molecule has 1 aliphatic rings. The largest absolute Gasteiger partial charge is 0.336 e. The Morgan fingerprint density at radius 3 is 2.62 bits per heavy atom. The second kappa shape index (κ2) is 4.65. The van der Waals surface area contributed by atoms with Crippen molar-refractivity contribution in [1.82, 2.24) is 19.6 Å². The molecule has 1 saturated heterocycles. The number of likely N-dealkylation sites (N-methyl/N-ethyl adjacent to an activating group) is 1. The molecular formula is C11H18N4O. The quantitative estimate of drug-likeness (QED) is 0.722. The molecule has 2 rings (SSSR count). The van der Waals surface area contributed by atoms with E-state index in [1.54, 1.807) is 10.9 Å². The fourth-order valence-electron chi connectivity index (χ4n) is 1.84. The third-order valence-electron chi connectivity index (χ3n) is 2.99. The Labute approximate surface area is 95.6 Å². The average molecular weight is 222 g/mol. The van der Waals surface area contributed by atoms with Gasteiger partial charge in [-0.15, -0.1) is 0 Å². The van der Waals surface area contributed by atoms with Gasteiger partial charge >= 0.3 is 0 Å². The zero-order chi connectivity index (χ0) is 11.5. The summed E-state index contributed by atoms with van der Waals surface area (Å²) in [4.78, 5) is 16.2. The van der Waals surface area contributed by atoms with Crippen molar-refractivity contribution in [2.24, 2.45) is 0 Å². The van der Waals surface area contributed by atoms with Crippen LogP contribution in [0.2, 0.25) is 0 Å². The van der Waals surface area contributed by atoms with Gasteiger partial charge in [0.05, 0.1) is 11.8 Å². The summed E-state index contributed by atoms with van der Waals surface area (Å²) >= 11 is 0. The van der Waals surface area contributed by atoms with Crippen molar-refractivity contribution in [2.45, 2.75) is 13.5 Å². The average Bonchev–Trinajstić information content (AvgIpc) is 2.77. The Balaban J connectivity index is 2.01. The van der Waals surface area contributed by atoms with Gasteiger partial charge in [-0.05, 0) is 14.0 Å². The predicted octanol–water partition coefficient (Wildman–Crippen LogP) is 0.291. The topological polar surface area (TPSA) is 41.4 Å². The molecule has 0 atom stereocenters. The van der Waals surface area contributed by atoms with Gasteiger partial charge in [0, 0.05) is 38.9 Å². The lowest BCUT2D eigenvalue weighted by molar-refractivity contribution is 0.0664. The van der Waals surface area contributed by atoms with Gasteiger partial charge in [0.25, 0.3) is 5.91 Å². The van der Waals surface area contributed by atoms with Crippen LogP contribution in [0, 0.1) is 0 Å². The van der Waals surface area contributed by atoms with E-state index in [9.17, 15) is 4.79 Å².